The molecule has 0 unspecified atom stereocenters. The van der Waals surface area contributed by atoms with Crippen molar-refractivity contribution in [1.29, 1.82) is 5.26 Å². The maximum absolute atomic E-state index is 13.0. The van der Waals surface area contributed by atoms with E-state index in [0.29, 0.717) is 5.57 Å². The van der Waals surface area contributed by atoms with Crippen LogP contribution in [0.3, 0.4) is 0 Å². The van der Waals surface area contributed by atoms with Gasteiger partial charge in [-0.2, -0.15) is 9.65 Å². The molecule has 0 aromatic rings. The molecule has 118 valence electrons. The first kappa shape index (κ1) is 18.2. The van der Waals surface area contributed by atoms with Crippen molar-refractivity contribution in [1.82, 2.24) is 0 Å². The minimum absolute atomic E-state index is 0.240. The molecule has 0 spiro atoms. The minimum atomic E-state index is -0.734. The lowest BCUT2D eigenvalue weighted by Crippen LogP contribution is -2.19. The number of hydrogen-bond donors (Lipinski definition) is 0. The molecule has 0 saturated heterocycles. The predicted molar refractivity (Wildman–Crippen MR) is 91.8 cm³/mol. The Morgan fingerprint density at radius 2 is 1.95 bits per heavy atom. The van der Waals surface area contributed by atoms with Crippen molar-refractivity contribution in [3.8, 4) is 6.07 Å². The van der Waals surface area contributed by atoms with Crippen molar-refractivity contribution in [2.24, 2.45) is 5.41 Å². The average Bonchev–Trinajstić information content (AvgIpc) is 2.45. The Morgan fingerprint density at radius 3 is 2.55 bits per heavy atom. The van der Waals surface area contributed by atoms with E-state index in [2.05, 4.69) is 32.9 Å². The van der Waals surface area contributed by atoms with Gasteiger partial charge in [0.2, 0.25) is 5.83 Å². The molecule has 1 nitrogen and oxygen atoms in total. The summed E-state index contributed by atoms with van der Waals surface area (Å²) in [6, 6.07) is 1.51. The second-order valence-electron chi connectivity index (χ2n) is 6.64. The molecule has 0 aromatic carbocycles. The average molecular weight is 299 g/mol. The van der Waals surface area contributed by atoms with Crippen LogP contribution >= 0.6 is 0 Å². The van der Waals surface area contributed by atoms with Gasteiger partial charge in [-0.3, -0.25) is 0 Å². The zero-order valence-corrected chi connectivity index (χ0v) is 14.3. The Kier molecular flexibility index (Phi) is 6.56. The van der Waals surface area contributed by atoms with Gasteiger partial charge in [0.05, 0.1) is 0 Å². The third-order valence-electron chi connectivity index (χ3n) is 4.21. The van der Waals surface area contributed by atoms with Crippen LogP contribution in [-0.4, -0.2) is 0 Å². The number of hydrogen-bond acceptors (Lipinski definition) is 1. The van der Waals surface area contributed by atoms with Gasteiger partial charge in [0, 0.05) is 0 Å². The predicted octanol–water partition coefficient (Wildman–Crippen LogP) is 6.34. The first-order valence-corrected chi connectivity index (χ1v) is 7.77. The van der Waals surface area contributed by atoms with Crippen LogP contribution in [-0.2, 0) is 0 Å². The van der Waals surface area contributed by atoms with Crippen molar-refractivity contribution in [3.63, 3.8) is 0 Å². The molecular weight excluding hydrogens is 273 g/mol. The lowest BCUT2D eigenvalue weighted by atomic mass is 9.72. The van der Waals surface area contributed by atoms with Crippen LogP contribution in [0.4, 0.5) is 4.39 Å². The molecule has 0 N–H and O–H groups in total. The van der Waals surface area contributed by atoms with Crippen molar-refractivity contribution in [2.75, 3.05) is 0 Å². The Hall–Kier alpha value is -1.88. The Labute approximate surface area is 134 Å². The second kappa shape index (κ2) is 7.94. The van der Waals surface area contributed by atoms with Crippen LogP contribution in [0.15, 0.2) is 58.5 Å². The molecule has 2 heteroatoms. The normalized spacial score (nSPS) is 20.5. The molecule has 0 saturated carbocycles. The third-order valence-corrected chi connectivity index (χ3v) is 4.21. The highest BCUT2D eigenvalue weighted by Gasteiger charge is 2.26. The van der Waals surface area contributed by atoms with Crippen molar-refractivity contribution < 1.29 is 4.39 Å². The van der Waals surface area contributed by atoms with Crippen LogP contribution in [0.1, 0.15) is 53.9 Å². The number of halogens is 1. The quantitative estimate of drug-likeness (QED) is 0.439. The van der Waals surface area contributed by atoms with Crippen LogP contribution in [0.2, 0.25) is 0 Å². The highest BCUT2D eigenvalue weighted by molar-refractivity contribution is 5.37. The smallest absolute Gasteiger partial charge is 0.195 e. The topological polar surface area (TPSA) is 23.8 Å². The fourth-order valence-electron chi connectivity index (χ4n) is 2.79. The minimum Gasteiger partial charge on any atom is -0.195 e. The summed E-state index contributed by atoms with van der Waals surface area (Å²) in [4.78, 5) is 0. The van der Waals surface area contributed by atoms with Crippen LogP contribution < -0.4 is 0 Å². The summed E-state index contributed by atoms with van der Waals surface area (Å²) in [5, 5.41) is 8.47. The van der Waals surface area contributed by atoms with Gasteiger partial charge in [0.15, 0.2) is 0 Å². The zero-order chi connectivity index (χ0) is 16.8. The van der Waals surface area contributed by atoms with Crippen molar-refractivity contribution in [3.05, 3.63) is 58.5 Å². The molecule has 1 aliphatic rings. The van der Waals surface area contributed by atoms with Crippen LogP contribution in [0.25, 0.3) is 0 Å². The molecule has 0 aromatic heterocycles. The van der Waals surface area contributed by atoms with Gasteiger partial charge in [0.1, 0.15) is 6.07 Å². The summed E-state index contributed by atoms with van der Waals surface area (Å²) in [6.45, 7) is 10.4. The van der Waals surface area contributed by atoms with Gasteiger partial charge in [-0.05, 0) is 56.6 Å². The summed E-state index contributed by atoms with van der Waals surface area (Å²) < 4.78 is 13.0. The fraction of sp³-hybridized carbons (Fsp3) is 0.450. The number of allylic oxidation sites excluding steroid dienone is 10. The van der Waals surface area contributed by atoms with Crippen molar-refractivity contribution >= 4 is 0 Å². The van der Waals surface area contributed by atoms with Gasteiger partial charge in [0.25, 0.3) is 0 Å². The third kappa shape index (κ3) is 5.15. The van der Waals surface area contributed by atoms with E-state index in [1.54, 1.807) is 19.1 Å². The number of nitrogens with zero attached hydrogens (tertiary/aromatic N) is 1. The number of nitriles is 1. The molecule has 1 rings (SSSR count). The highest BCUT2D eigenvalue weighted by atomic mass is 19.1. The largest absolute Gasteiger partial charge is 0.202 e. The maximum atomic E-state index is 13.0. The molecule has 0 atom stereocenters. The first-order chi connectivity index (χ1) is 10.3. The van der Waals surface area contributed by atoms with E-state index in [1.165, 1.54) is 36.5 Å². The molecule has 1 aliphatic carbocycles. The van der Waals surface area contributed by atoms with Gasteiger partial charge in [-0.1, -0.05) is 55.4 Å². The van der Waals surface area contributed by atoms with E-state index >= 15 is 0 Å². The Morgan fingerprint density at radius 1 is 1.27 bits per heavy atom. The van der Waals surface area contributed by atoms with E-state index in [-0.39, 0.29) is 5.41 Å². The van der Waals surface area contributed by atoms with Gasteiger partial charge < -0.3 is 0 Å². The van der Waals surface area contributed by atoms with E-state index in [9.17, 15) is 4.39 Å². The van der Waals surface area contributed by atoms with Gasteiger partial charge >= 0.3 is 0 Å². The van der Waals surface area contributed by atoms with E-state index in [4.69, 9.17) is 5.26 Å². The maximum Gasteiger partial charge on any atom is 0.202 e. The molecule has 0 bridgehead atoms. The first-order valence-electron chi connectivity index (χ1n) is 7.77. The van der Waals surface area contributed by atoms with E-state index in [1.807, 2.05) is 13.0 Å². The lowest BCUT2D eigenvalue weighted by Gasteiger charge is -2.32. The summed E-state index contributed by atoms with van der Waals surface area (Å²) >= 11 is 0. The summed E-state index contributed by atoms with van der Waals surface area (Å²) in [5.41, 5.74) is 4.60. The fourth-order valence-corrected chi connectivity index (χ4v) is 2.79. The van der Waals surface area contributed by atoms with E-state index in [0.717, 1.165) is 5.57 Å². The highest BCUT2D eigenvalue weighted by Crippen LogP contribution is 2.40. The summed E-state index contributed by atoms with van der Waals surface area (Å²) in [7, 11) is 0. The molecule has 22 heavy (non-hydrogen) atoms. The standard InChI is InChI=1S/C20H26FN/c1-15(8-6-9-17(3)19(21)14-22)11-12-18-16(2)10-7-13-20(18,4)5/h6,8-9,11-12H,7,10,13H2,1-5H3/b9-6-,12-11+,15-8+,19-17-. The SMILES string of the molecule is CC1=C(/C=C/C(C)=C/C=C\C(C)=C(/F)C#N)C(C)(C)CCC1. The van der Waals surface area contributed by atoms with Gasteiger partial charge in [-0.15, -0.1) is 0 Å². The summed E-state index contributed by atoms with van der Waals surface area (Å²) in [6.07, 6.45) is 13.3. The van der Waals surface area contributed by atoms with Crippen LogP contribution in [0, 0.1) is 16.7 Å². The second-order valence-corrected chi connectivity index (χ2v) is 6.64. The monoisotopic (exact) mass is 299 g/mol. The Bertz CT molecular complexity index is 604. The molecule has 0 radical (unpaired) electrons. The zero-order valence-electron chi connectivity index (χ0n) is 14.3. The Balaban J connectivity index is 2.84. The lowest BCUT2D eigenvalue weighted by molar-refractivity contribution is 0.377. The molecule has 0 aliphatic heterocycles. The van der Waals surface area contributed by atoms with Gasteiger partial charge in [-0.25, -0.2) is 0 Å². The number of rotatable bonds is 4. The van der Waals surface area contributed by atoms with E-state index < -0.39 is 5.83 Å². The summed E-state index contributed by atoms with van der Waals surface area (Å²) in [5.74, 6) is -0.734. The van der Waals surface area contributed by atoms with Crippen LogP contribution in [0.5, 0.6) is 0 Å². The van der Waals surface area contributed by atoms with Crippen molar-refractivity contribution in [2.45, 2.75) is 53.9 Å². The molecule has 0 heterocycles. The molecule has 0 amide bonds. The molecular formula is C20H26FN. The molecule has 0 fully saturated rings.